The normalized spacial score (nSPS) is 23.3. The van der Waals surface area contributed by atoms with E-state index in [1.54, 1.807) is 0 Å². The topological polar surface area (TPSA) is 20.3 Å². The second-order valence-corrected chi connectivity index (χ2v) is 7.10. The van der Waals surface area contributed by atoms with Crippen molar-refractivity contribution in [3.05, 3.63) is 70.3 Å². The lowest BCUT2D eigenvalue weighted by atomic mass is 9.93. The molecule has 1 atom stereocenters. The molecule has 0 N–H and O–H groups in total. The largest absolute Gasteiger partial charge is 0.315 e. The van der Waals surface area contributed by atoms with Crippen LogP contribution < -0.4 is 0 Å². The van der Waals surface area contributed by atoms with E-state index in [1.807, 2.05) is 30.0 Å². The van der Waals surface area contributed by atoms with Crippen LogP contribution in [-0.4, -0.2) is 23.1 Å². The van der Waals surface area contributed by atoms with Gasteiger partial charge in [0.15, 0.2) is 0 Å². The molecule has 4 rings (SSSR count). The molecule has 2 heterocycles. The van der Waals surface area contributed by atoms with Crippen LogP contribution in [0.1, 0.15) is 32.6 Å². The molecular weight excluding hydrogens is 278 g/mol. The summed E-state index contributed by atoms with van der Waals surface area (Å²) in [4.78, 5) is 14.5. The average molecular weight is 295 g/mol. The summed E-state index contributed by atoms with van der Waals surface area (Å²) in [6.07, 6.45) is 0. The smallest absolute Gasteiger partial charge is 0.255 e. The van der Waals surface area contributed by atoms with Crippen molar-refractivity contribution in [1.82, 2.24) is 4.90 Å². The summed E-state index contributed by atoms with van der Waals surface area (Å²) in [6, 6.07) is 14.6. The van der Waals surface area contributed by atoms with Crippen LogP contribution in [0.25, 0.3) is 0 Å². The van der Waals surface area contributed by atoms with Gasteiger partial charge in [0.2, 0.25) is 0 Å². The highest BCUT2D eigenvalue weighted by molar-refractivity contribution is 8.00. The fourth-order valence-corrected chi connectivity index (χ4v) is 5.28. The van der Waals surface area contributed by atoms with Gasteiger partial charge in [0, 0.05) is 23.4 Å². The highest BCUT2D eigenvalue weighted by atomic mass is 32.2. The summed E-state index contributed by atoms with van der Waals surface area (Å²) in [7, 11) is 0. The Hall–Kier alpha value is -1.74. The first-order valence-electron chi connectivity index (χ1n) is 7.28. The van der Waals surface area contributed by atoms with Crippen LogP contribution in [0.2, 0.25) is 0 Å². The summed E-state index contributed by atoms with van der Waals surface area (Å²) >= 11 is 1.89. The van der Waals surface area contributed by atoms with Crippen LogP contribution in [0.15, 0.2) is 42.5 Å². The van der Waals surface area contributed by atoms with Gasteiger partial charge in [-0.15, -0.1) is 11.8 Å². The van der Waals surface area contributed by atoms with Crippen molar-refractivity contribution in [3.8, 4) is 0 Å². The monoisotopic (exact) mass is 295 g/mol. The molecular formula is C18H17NOS. The van der Waals surface area contributed by atoms with Crippen molar-refractivity contribution in [1.29, 1.82) is 0 Å². The Kier molecular flexibility index (Phi) is 2.70. The van der Waals surface area contributed by atoms with Crippen molar-refractivity contribution >= 4 is 17.7 Å². The zero-order valence-electron chi connectivity index (χ0n) is 12.2. The van der Waals surface area contributed by atoms with Crippen molar-refractivity contribution in [2.45, 2.75) is 18.7 Å². The highest BCUT2D eigenvalue weighted by Crippen LogP contribution is 2.55. The van der Waals surface area contributed by atoms with Gasteiger partial charge in [-0.3, -0.25) is 4.79 Å². The third kappa shape index (κ3) is 1.58. The molecule has 0 saturated carbocycles. The minimum Gasteiger partial charge on any atom is -0.315 e. The average Bonchev–Trinajstić information content (AvgIpc) is 3.00. The third-order valence-electron chi connectivity index (χ3n) is 4.52. The highest BCUT2D eigenvalue weighted by Gasteiger charge is 2.54. The molecule has 0 unspecified atom stereocenters. The van der Waals surface area contributed by atoms with E-state index < -0.39 is 0 Å². The molecule has 2 aliphatic rings. The zero-order chi connectivity index (χ0) is 14.6. The second kappa shape index (κ2) is 4.38. The van der Waals surface area contributed by atoms with E-state index in [1.165, 1.54) is 16.7 Å². The Labute approximate surface area is 129 Å². The standard InChI is InChI=1S/C18H17NOS/c1-12-7-8-15(13(2)11-12)18-16-6-4-3-5-14(16)17(20)19(18)9-10-21-18/h3-8,11H,9-10H2,1-2H3/t18-/m0/s1. The lowest BCUT2D eigenvalue weighted by molar-refractivity contribution is 0.0752. The number of amides is 1. The molecule has 21 heavy (non-hydrogen) atoms. The molecule has 3 heteroatoms. The number of fused-ring (bicyclic) bond motifs is 3. The van der Waals surface area contributed by atoms with Gasteiger partial charge in [-0.2, -0.15) is 0 Å². The fourth-order valence-electron chi connectivity index (χ4n) is 3.66. The SMILES string of the molecule is Cc1ccc([C@@]23SCCN2C(=O)c2ccccc23)c(C)c1. The Balaban J connectivity index is 2.02. The van der Waals surface area contributed by atoms with E-state index in [9.17, 15) is 4.79 Å². The van der Waals surface area contributed by atoms with Gasteiger partial charge in [-0.1, -0.05) is 42.0 Å². The first-order valence-corrected chi connectivity index (χ1v) is 8.26. The van der Waals surface area contributed by atoms with E-state index in [0.29, 0.717) is 0 Å². The first-order chi connectivity index (χ1) is 10.1. The molecule has 2 aromatic carbocycles. The molecule has 0 radical (unpaired) electrons. The Morgan fingerprint density at radius 2 is 1.90 bits per heavy atom. The van der Waals surface area contributed by atoms with E-state index in [-0.39, 0.29) is 10.8 Å². The minimum absolute atomic E-state index is 0.176. The number of hydrogen-bond acceptors (Lipinski definition) is 2. The quantitative estimate of drug-likeness (QED) is 0.799. The molecule has 1 saturated heterocycles. The number of rotatable bonds is 1. The van der Waals surface area contributed by atoms with Crippen LogP contribution in [-0.2, 0) is 4.87 Å². The van der Waals surface area contributed by atoms with Gasteiger partial charge in [0.25, 0.3) is 5.91 Å². The van der Waals surface area contributed by atoms with E-state index in [4.69, 9.17) is 0 Å². The van der Waals surface area contributed by atoms with Crippen LogP contribution in [0.4, 0.5) is 0 Å². The van der Waals surface area contributed by atoms with Gasteiger partial charge in [-0.25, -0.2) is 0 Å². The second-order valence-electron chi connectivity index (χ2n) is 5.81. The maximum atomic E-state index is 12.7. The zero-order valence-corrected chi connectivity index (χ0v) is 13.0. The van der Waals surface area contributed by atoms with E-state index in [2.05, 4.69) is 43.0 Å². The summed E-state index contributed by atoms with van der Waals surface area (Å²) in [5.74, 6) is 1.17. The molecule has 1 amide bonds. The van der Waals surface area contributed by atoms with Gasteiger partial charge >= 0.3 is 0 Å². The Morgan fingerprint density at radius 3 is 2.71 bits per heavy atom. The van der Waals surface area contributed by atoms with E-state index in [0.717, 1.165) is 23.4 Å². The summed E-state index contributed by atoms with van der Waals surface area (Å²) in [5.41, 5.74) is 5.81. The maximum Gasteiger partial charge on any atom is 0.255 e. The Morgan fingerprint density at radius 1 is 1.10 bits per heavy atom. The predicted octanol–water partition coefficient (Wildman–Crippen LogP) is 3.71. The molecule has 0 bridgehead atoms. The van der Waals surface area contributed by atoms with Gasteiger partial charge in [0.1, 0.15) is 4.87 Å². The van der Waals surface area contributed by atoms with Crippen LogP contribution in [0.5, 0.6) is 0 Å². The number of benzene rings is 2. The number of carbonyl (C=O) groups excluding carboxylic acids is 1. The van der Waals surface area contributed by atoms with Gasteiger partial charge < -0.3 is 4.90 Å². The minimum atomic E-state index is -0.314. The van der Waals surface area contributed by atoms with Crippen LogP contribution in [0, 0.1) is 13.8 Å². The third-order valence-corrected chi connectivity index (χ3v) is 5.99. The maximum absolute atomic E-state index is 12.7. The fraction of sp³-hybridized carbons (Fsp3) is 0.278. The summed E-state index contributed by atoms with van der Waals surface area (Å²) in [6.45, 7) is 5.09. The number of nitrogens with zero attached hydrogens (tertiary/aromatic N) is 1. The first kappa shape index (κ1) is 13.0. The molecule has 2 nitrogen and oxygen atoms in total. The number of thioether (sulfide) groups is 1. The molecule has 1 fully saturated rings. The lowest BCUT2D eigenvalue weighted by Crippen LogP contribution is -2.38. The van der Waals surface area contributed by atoms with Crippen molar-refractivity contribution in [2.24, 2.45) is 0 Å². The summed E-state index contributed by atoms with van der Waals surface area (Å²) < 4.78 is 0. The van der Waals surface area contributed by atoms with Gasteiger partial charge in [-0.05, 0) is 31.0 Å². The van der Waals surface area contributed by atoms with Crippen LogP contribution in [0.3, 0.4) is 0 Å². The van der Waals surface area contributed by atoms with Crippen molar-refractivity contribution in [3.63, 3.8) is 0 Å². The number of carbonyl (C=O) groups is 1. The predicted molar refractivity (Wildman–Crippen MR) is 86.6 cm³/mol. The molecule has 106 valence electrons. The summed E-state index contributed by atoms with van der Waals surface area (Å²) in [5, 5.41) is 0. The van der Waals surface area contributed by atoms with Crippen LogP contribution >= 0.6 is 11.8 Å². The lowest BCUT2D eigenvalue weighted by Gasteiger charge is -2.34. The molecule has 2 aromatic rings. The van der Waals surface area contributed by atoms with E-state index >= 15 is 0 Å². The molecule has 0 aromatic heterocycles. The molecule has 0 aliphatic carbocycles. The molecule has 2 aliphatic heterocycles. The van der Waals surface area contributed by atoms with Crippen molar-refractivity contribution < 1.29 is 4.79 Å². The molecule has 0 spiro atoms. The number of aryl methyl sites for hydroxylation is 2. The van der Waals surface area contributed by atoms with Gasteiger partial charge in [0.05, 0.1) is 0 Å². The van der Waals surface area contributed by atoms with Crippen molar-refractivity contribution in [2.75, 3.05) is 12.3 Å². The number of hydrogen-bond donors (Lipinski definition) is 0. The Bertz CT molecular complexity index is 755.